The van der Waals surface area contributed by atoms with Crippen LogP contribution in [0.15, 0.2) is 0 Å². The highest BCUT2D eigenvalue weighted by Crippen LogP contribution is 2.37. The lowest BCUT2D eigenvalue weighted by molar-refractivity contribution is -0.0717. The molecular formula is C9H18O4S. The molecule has 1 heterocycles. The van der Waals surface area contributed by atoms with E-state index in [-0.39, 0.29) is 22.9 Å². The molecule has 4 atom stereocenters. The topological polar surface area (TPSA) is 36.9 Å². The Morgan fingerprint density at radius 3 is 2.00 bits per heavy atom. The summed E-state index contributed by atoms with van der Waals surface area (Å²) in [5, 5.41) is 0.278. The molecule has 1 rings (SSSR count). The number of rotatable bonds is 5. The molecule has 1 aliphatic rings. The molecule has 4 nitrogen and oxygen atoms in total. The normalized spacial score (nSPS) is 37.7. The molecule has 1 saturated heterocycles. The highest BCUT2D eigenvalue weighted by atomic mass is 32.2. The minimum absolute atomic E-state index is 0.0184. The van der Waals surface area contributed by atoms with E-state index in [1.165, 1.54) is 0 Å². The molecule has 0 bridgehead atoms. The average Bonchev–Trinajstić information content (AvgIpc) is 2.55. The van der Waals surface area contributed by atoms with Crippen molar-refractivity contribution in [1.29, 1.82) is 0 Å². The summed E-state index contributed by atoms with van der Waals surface area (Å²) in [5.41, 5.74) is 0.0325. The summed E-state index contributed by atoms with van der Waals surface area (Å²) < 4.78 is 21.2. The summed E-state index contributed by atoms with van der Waals surface area (Å²) in [6.45, 7) is 0.656. The maximum Gasteiger partial charge on any atom is 0.132 e. The molecule has 5 heteroatoms. The van der Waals surface area contributed by atoms with Gasteiger partial charge in [0, 0.05) is 28.4 Å². The lowest BCUT2D eigenvalue weighted by Gasteiger charge is -2.22. The van der Waals surface area contributed by atoms with Gasteiger partial charge in [-0.1, -0.05) is 0 Å². The standard InChI is InChI=1S/C9H18O4S/c1-10-5-6-7(11-2)8(12-3)9(13-4)14-6/h6-9H,5H2,1-4H3/t6-,7-,8-,9?/m1/s1. The summed E-state index contributed by atoms with van der Waals surface area (Å²) in [6, 6.07) is 0. The number of hydrogen-bond acceptors (Lipinski definition) is 5. The summed E-state index contributed by atoms with van der Waals surface area (Å²) >= 11 is 1.70. The lowest BCUT2D eigenvalue weighted by Crippen LogP contribution is -2.37. The molecule has 0 saturated carbocycles. The van der Waals surface area contributed by atoms with Gasteiger partial charge < -0.3 is 18.9 Å². The van der Waals surface area contributed by atoms with Gasteiger partial charge in [-0.3, -0.25) is 0 Å². The van der Waals surface area contributed by atoms with Crippen LogP contribution in [0.4, 0.5) is 0 Å². The second-order valence-electron chi connectivity index (χ2n) is 3.13. The van der Waals surface area contributed by atoms with E-state index in [4.69, 9.17) is 18.9 Å². The predicted molar refractivity (Wildman–Crippen MR) is 55.6 cm³/mol. The van der Waals surface area contributed by atoms with Gasteiger partial charge in [0.25, 0.3) is 0 Å². The molecule has 1 unspecified atom stereocenters. The largest absolute Gasteiger partial charge is 0.383 e. The first-order valence-corrected chi connectivity index (χ1v) is 5.45. The van der Waals surface area contributed by atoms with Crippen LogP contribution in [0.5, 0.6) is 0 Å². The fourth-order valence-electron chi connectivity index (χ4n) is 1.71. The molecule has 0 spiro atoms. The molecule has 0 N–H and O–H groups in total. The van der Waals surface area contributed by atoms with Crippen LogP contribution in [0.3, 0.4) is 0 Å². The molecule has 0 radical (unpaired) electrons. The Morgan fingerprint density at radius 2 is 1.57 bits per heavy atom. The number of hydrogen-bond donors (Lipinski definition) is 0. The van der Waals surface area contributed by atoms with Crippen LogP contribution in [-0.4, -0.2) is 57.9 Å². The third-order valence-corrected chi connectivity index (χ3v) is 3.86. The number of ether oxygens (including phenoxy) is 4. The molecule has 1 aliphatic heterocycles. The molecule has 84 valence electrons. The van der Waals surface area contributed by atoms with E-state index in [0.717, 1.165) is 0 Å². The zero-order valence-corrected chi connectivity index (χ0v) is 9.87. The van der Waals surface area contributed by atoms with Crippen LogP contribution in [0.1, 0.15) is 0 Å². The first-order valence-electron chi connectivity index (χ1n) is 4.51. The van der Waals surface area contributed by atoms with Crippen LogP contribution < -0.4 is 0 Å². The first kappa shape index (κ1) is 12.3. The summed E-state index contributed by atoms with van der Waals surface area (Å²) in [6.07, 6.45) is 0.0186. The van der Waals surface area contributed by atoms with Crippen molar-refractivity contribution in [3.05, 3.63) is 0 Å². The Kier molecular flexibility index (Phi) is 5.19. The average molecular weight is 222 g/mol. The fraction of sp³-hybridized carbons (Fsp3) is 1.00. The SMILES string of the molecule is COC[C@H]1SC(OC)[C@H](OC)[C@@H]1OC. The van der Waals surface area contributed by atoms with E-state index in [1.807, 2.05) is 0 Å². The maximum atomic E-state index is 5.41. The zero-order chi connectivity index (χ0) is 10.6. The zero-order valence-electron chi connectivity index (χ0n) is 9.06. The van der Waals surface area contributed by atoms with Crippen molar-refractivity contribution in [2.45, 2.75) is 22.9 Å². The predicted octanol–water partition coefficient (Wildman–Crippen LogP) is 0.751. The summed E-state index contributed by atoms with van der Waals surface area (Å²) in [7, 11) is 6.75. The lowest BCUT2D eigenvalue weighted by atomic mass is 10.1. The van der Waals surface area contributed by atoms with E-state index in [2.05, 4.69) is 0 Å². The van der Waals surface area contributed by atoms with Gasteiger partial charge in [0.15, 0.2) is 0 Å². The summed E-state index contributed by atoms with van der Waals surface area (Å²) in [5.74, 6) is 0. The minimum atomic E-state index is -0.0184. The van der Waals surface area contributed by atoms with Crippen molar-refractivity contribution in [2.24, 2.45) is 0 Å². The molecule has 0 aromatic carbocycles. The molecule has 0 aliphatic carbocycles. The van der Waals surface area contributed by atoms with Gasteiger partial charge in [-0.15, -0.1) is 11.8 Å². The van der Waals surface area contributed by atoms with Gasteiger partial charge in [0.2, 0.25) is 0 Å². The first-order chi connectivity index (χ1) is 6.78. The minimum Gasteiger partial charge on any atom is -0.383 e. The van der Waals surface area contributed by atoms with Crippen LogP contribution in [-0.2, 0) is 18.9 Å². The highest BCUT2D eigenvalue weighted by molar-refractivity contribution is 8.00. The van der Waals surface area contributed by atoms with E-state index >= 15 is 0 Å². The Hall–Kier alpha value is 0.190. The monoisotopic (exact) mass is 222 g/mol. The Labute approximate surface area is 89.2 Å². The van der Waals surface area contributed by atoms with Crippen LogP contribution in [0.25, 0.3) is 0 Å². The third kappa shape index (κ3) is 2.41. The number of thioether (sulfide) groups is 1. The number of methoxy groups -OCH3 is 4. The van der Waals surface area contributed by atoms with E-state index < -0.39 is 0 Å². The summed E-state index contributed by atoms with van der Waals surface area (Å²) in [4.78, 5) is 0. The van der Waals surface area contributed by atoms with Crippen molar-refractivity contribution in [3.8, 4) is 0 Å². The fourth-order valence-corrected chi connectivity index (χ4v) is 3.22. The molecular weight excluding hydrogens is 204 g/mol. The Bertz CT molecular complexity index is 167. The van der Waals surface area contributed by atoms with E-state index in [9.17, 15) is 0 Å². The van der Waals surface area contributed by atoms with Gasteiger partial charge in [-0.2, -0.15) is 0 Å². The van der Waals surface area contributed by atoms with Gasteiger partial charge in [0.1, 0.15) is 17.6 Å². The third-order valence-electron chi connectivity index (χ3n) is 2.37. The highest BCUT2D eigenvalue weighted by Gasteiger charge is 2.45. The molecule has 0 aromatic rings. The van der Waals surface area contributed by atoms with Crippen molar-refractivity contribution < 1.29 is 18.9 Å². The maximum absolute atomic E-state index is 5.41. The van der Waals surface area contributed by atoms with Gasteiger partial charge in [-0.05, 0) is 0 Å². The molecule has 0 aromatic heterocycles. The second-order valence-corrected chi connectivity index (χ2v) is 4.48. The van der Waals surface area contributed by atoms with Gasteiger partial charge >= 0.3 is 0 Å². The van der Waals surface area contributed by atoms with Crippen molar-refractivity contribution in [1.82, 2.24) is 0 Å². The van der Waals surface area contributed by atoms with Crippen molar-refractivity contribution in [3.63, 3.8) is 0 Å². The quantitative estimate of drug-likeness (QED) is 0.686. The van der Waals surface area contributed by atoms with Crippen LogP contribution in [0.2, 0.25) is 0 Å². The van der Waals surface area contributed by atoms with Gasteiger partial charge in [0.05, 0.1) is 11.9 Å². The van der Waals surface area contributed by atoms with E-state index in [0.29, 0.717) is 6.61 Å². The van der Waals surface area contributed by atoms with E-state index in [1.54, 1.807) is 40.2 Å². The van der Waals surface area contributed by atoms with Crippen LogP contribution >= 0.6 is 11.8 Å². The van der Waals surface area contributed by atoms with Crippen molar-refractivity contribution in [2.75, 3.05) is 35.0 Å². The molecule has 1 fully saturated rings. The second kappa shape index (κ2) is 5.92. The van der Waals surface area contributed by atoms with Crippen LogP contribution in [0, 0.1) is 0 Å². The van der Waals surface area contributed by atoms with Crippen molar-refractivity contribution >= 4 is 11.8 Å². The Morgan fingerprint density at radius 1 is 0.929 bits per heavy atom. The Balaban J connectivity index is 2.62. The smallest absolute Gasteiger partial charge is 0.132 e. The molecule has 0 amide bonds. The molecule has 14 heavy (non-hydrogen) atoms. The van der Waals surface area contributed by atoms with Gasteiger partial charge in [-0.25, -0.2) is 0 Å².